The molecule has 0 aliphatic carbocycles. The molecule has 2 unspecified atom stereocenters. The van der Waals surface area contributed by atoms with Crippen LogP contribution in [0.1, 0.15) is 26.7 Å². The van der Waals surface area contributed by atoms with Crippen molar-refractivity contribution in [3.63, 3.8) is 0 Å². The SMILES string of the molecule is CC(C)C(N)CCC(=O)NC(CS)C(=O)NCC(=O)O. The molecule has 0 aromatic rings. The second-order valence-corrected chi connectivity index (χ2v) is 5.23. The average Bonchev–Trinajstić information content (AvgIpc) is 2.38. The van der Waals surface area contributed by atoms with E-state index in [0.29, 0.717) is 6.42 Å². The van der Waals surface area contributed by atoms with Gasteiger partial charge >= 0.3 is 5.97 Å². The fourth-order valence-corrected chi connectivity index (χ4v) is 1.63. The Hall–Kier alpha value is -1.28. The Kier molecular flexibility index (Phi) is 8.98. The summed E-state index contributed by atoms with van der Waals surface area (Å²) in [4.78, 5) is 33.6. The summed E-state index contributed by atoms with van der Waals surface area (Å²) < 4.78 is 0. The molecule has 0 aliphatic rings. The van der Waals surface area contributed by atoms with Crippen LogP contribution >= 0.6 is 12.6 Å². The van der Waals surface area contributed by atoms with E-state index in [-0.39, 0.29) is 30.0 Å². The monoisotopic (exact) mass is 305 g/mol. The number of carbonyl (C=O) groups is 3. The van der Waals surface area contributed by atoms with Gasteiger partial charge in [0.15, 0.2) is 0 Å². The van der Waals surface area contributed by atoms with Gasteiger partial charge in [0, 0.05) is 18.2 Å². The van der Waals surface area contributed by atoms with Crippen molar-refractivity contribution in [3.8, 4) is 0 Å². The van der Waals surface area contributed by atoms with Crippen LogP contribution in [0.5, 0.6) is 0 Å². The standard InChI is InChI=1S/C12H23N3O4S/c1-7(2)8(13)3-4-10(16)15-9(6-20)12(19)14-5-11(17)18/h7-9,20H,3-6,13H2,1-2H3,(H,14,19)(H,15,16)(H,17,18). The van der Waals surface area contributed by atoms with Crippen LogP contribution in [0.15, 0.2) is 0 Å². The third kappa shape index (κ3) is 8.00. The van der Waals surface area contributed by atoms with E-state index in [0.717, 1.165) is 0 Å². The number of thiol groups is 1. The summed E-state index contributed by atoms with van der Waals surface area (Å²) in [5, 5.41) is 13.2. The normalized spacial score (nSPS) is 13.7. The van der Waals surface area contributed by atoms with Crippen molar-refractivity contribution in [2.45, 2.75) is 38.8 Å². The highest BCUT2D eigenvalue weighted by atomic mass is 32.1. The van der Waals surface area contributed by atoms with Crippen LogP contribution in [-0.4, -0.2) is 47.3 Å². The molecule has 7 nitrogen and oxygen atoms in total. The summed E-state index contributed by atoms with van der Waals surface area (Å²) >= 11 is 3.97. The quantitative estimate of drug-likeness (QED) is 0.363. The highest BCUT2D eigenvalue weighted by Gasteiger charge is 2.20. The van der Waals surface area contributed by atoms with Crippen LogP contribution in [0.3, 0.4) is 0 Å². The largest absolute Gasteiger partial charge is 0.480 e. The molecule has 0 aromatic heterocycles. The van der Waals surface area contributed by atoms with Crippen LogP contribution in [0.2, 0.25) is 0 Å². The maximum atomic E-state index is 11.7. The van der Waals surface area contributed by atoms with Gasteiger partial charge < -0.3 is 21.5 Å². The second kappa shape index (κ2) is 9.60. The summed E-state index contributed by atoms with van der Waals surface area (Å²) in [5.74, 6) is -1.64. The number of nitrogens with one attached hydrogen (secondary N) is 2. The Balaban J connectivity index is 4.18. The molecule has 0 saturated heterocycles. The van der Waals surface area contributed by atoms with Crippen LogP contribution < -0.4 is 16.4 Å². The minimum atomic E-state index is -1.15. The zero-order valence-electron chi connectivity index (χ0n) is 11.8. The fourth-order valence-electron chi connectivity index (χ4n) is 1.38. The van der Waals surface area contributed by atoms with Gasteiger partial charge in [0.05, 0.1) is 0 Å². The van der Waals surface area contributed by atoms with Crippen LogP contribution in [0.25, 0.3) is 0 Å². The highest BCUT2D eigenvalue weighted by Crippen LogP contribution is 2.05. The molecule has 0 bridgehead atoms. The van der Waals surface area contributed by atoms with E-state index in [2.05, 4.69) is 23.3 Å². The Morgan fingerprint density at radius 3 is 2.35 bits per heavy atom. The third-order valence-electron chi connectivity index (χ3n) is 2.81. The Morgan fingerprint density at radius 1 is 1.30 bits per heavy atom. The molecule has 0 heterocycles. The summed E-state index contributed by atoms with van der Waals surface area (Å²) in [7, 11) is 0. The summed E-state index contributed by atoms with van der Waals surface area (Å²) in [6, 6.07) is -0.920. The molecular weight excluding hydrogens is 282 g/mol. The van der Waals surface area contributed by atoms with Gasteiger partial charge in [-0.1, -0.05) is 13.8 Å². The van der Waals surface area contributed by atoms with Gasteiger partial charge in [-0.2, -0.15) is 12.6 Å². The summed E-state index contributed by atoms with van der Waals surface area (Å²) in [6.07, 6.45) is 0.745. The molecule has 5 N–H and O–H groups in total. The zero-order chi connectivity index (χ0) is 15.7. The fraction of sp³-hybridized carbons (Fsp3) is 0.750. The summed E-state index contributed by atoms with van der Waals surface area (Å²) in [5.41, 5.74) is 5.83. The predicted molar refractivity (Wildman–Crippen MR) is 78.5 cm³/mol. The van der Waals surface area contributed by atoms with Crippen molar-refractivity contribution >= 4 is 30.4 Å². The lowest BCUT2D eigenvalue weighted by Gasteiger charge is -2.18. The molecular formula is C12H23N3O4S. The van der Waals surface area contributed by atoms with Gasteiger partial charge in [-0.15, -0.1) is 0 Å². The first-order valence-corrected chi connectivity index (χ1v) is 7.06. The first-order chi connectivity index (χ1) is 9.27. The van der Waals surface area contributed by atoms with E-state index >= 15 is 0 Å². The van der Waals surface area contributed by atoms with E-state index in [1.807, 2.05) is 13.8 Å². The van der Waals surface area contributed by atoms with Crippen molar-refractivity contribution in [1.29, 1.82) is 0 Å². The maximum absolute atomic E-state index is 11.7. The second-order valence-electron chi connectivity index (χ2n) is 4.86. The smallest absolute Gasteiger partial charge is 0.322 e. The predicted octanol–water partition coefficient (Wildman–Crippen LogP) is -0.635. The number of aliphatic carboxylic acids is 1. The minimum absolute atomic E-state index is 0.0731. The first kappa shape index (κ1) is 18.7. The van der Waals surface area contributed by atoms with Crippen LogP contribution in [-0.2, 0) is 14.4 Å². The maximum Gasteiger partial charge on any atom is 0.322 e. The third-order valence-corrected chi connectivity index (χ3v) is 3.17. The molecule has 2 amide bonds. The Bertz CT molecular complexity index is 350. The molecule has 20 heavy (non-hydrogen) atoms. The summed E-state index contributed by atoms with van der Waals surface area (Å²) in [6.45, 7) is 3.45. The van der Waals surface area contributed by atoms with Gasteiger partial charge in [0.25, 0.3) is 0 Å². The molecule has 116 valence electrons. The van der Waals surface area contributed by atoms with Crippen LogP contribution in [0, 0.1) is 5.92 Å². The topological polar surface area (TPSA) is 122 Å². The first-order valence-electron chi connectivity index (χ1n) is 6.43. The van der Waals surface area contributed by atoms with Crippen molar-refractivity contribution in [2.75, 3.05) is 12.3 Å². The number of hydrogen-bond acceptors (Lipinski definition) is 5. The molecule has 0 aromatic carbocycles. The van der Waals surface area contributed by atoms with E-state index in [4.69, 9.17) is 10.8 Å². The molecule has 0 saturated carbocycles. The van der Waals surface area contributed by atoms with Gasteiger partial charge in [-0.05, 0) is 12.3 Å². The lowest BCUT2D eigenvalue weighted by molar-refractivity contribution is -0.138. The number of amides is 2. The number of hydrogen-bond donors (Lipinski definition) is 5. The number of rotatable bonds is 9. The van der Waals surface area contributed by atoms with E-state index in [1.165, 1.54) is 0 Å². The Morgan fingerprint density at radius 2 is 1.90 bits per heavy atom. The van der Waals surface area contributed by atoms with Crippen molar-refractivity contribution in [3.05, 3.63) is 0 Å². The van der Waals surface area contributed by atoms with Gasteiger partial charge in [-0.25, -0.2) is 0 Å². The Labute approximate surface area is 124 Å². The number of nitrogens with two attached hydrogens (primary N) is 1. The van der Waals surface area contributed by atoms with Gasteiger partial charge in [-0.3, -0.25) is 14.4 Å². The van der Waals surface area contributed by atoms with Gasteiger partial charge in [0.1, 0.15) is 12.6 Å². The lowest BCUT2D eigenvalue weighted by atomic mass is 10.0. The van der Waals surface area contributed by atoms with Crippen molar-refractivity contribution < 1.29 is 19.5 Å². The molecule has 0 aliphatic heterocycles. The van der Waals surface area contributed by atoms with Crippen molar-refractivity contribution in [2.24, 2.45) is 11.7 Å². The van der Waals surface area contributed by atoms with Crippen molar-refractivity contribution in [1.82, 2.24) is 10.6 Å². The molecule has 0 radical (unpaired) electrons. The molecule has 0 fully saturated rings. The average molecular weight is 305 g/mol. The number of carboxylic acid groups (broad SMARTS) is 1. The minimum Gasteiger partial charge on any atom is -0.480 e. The van der Waals surface area contributed by atoms with Gasteiger partial charge in [0.2, 0.25) is 11.8 Å². The van der Waals surface area contributed by atoms with E-state index in [1.54, 1.807) is 0 Å². The van der Waals surface area contributed by atoms with E-state index < -0.39 is 24.5 Å². The number of carbonyl (C=O) groups excluding carboxylic acids is 2. The molecule has 2 atom stereocenters. The molecule has 8 heteroatoms. The number of carboxylic acids is 1. The molecule has 0 spiro atoms. The zero-order valence-corrected chi connectivity index (χ0v) is 12.7. The van der Waals surface area contributed by atoms with Crippen LogP contribution in [0.4, 0.5) is 0 Å². The molecule has 0 rings (SSSR count). The van der Waals surface area contributed by atoms with E-state index in [9.17, 15) is 14.4 Å². The highest BCUT2D eigenvalue weighted by molar-refractivity contribution is 7.80. The lowest BCUT2D eigenvalue weighted by Crippen LogP contribution is -2.49.